The number of allylic oxidation sites excluding steroid dienone is 4. The molecule has 2 aliphatic heterocycles. The average molecular weight is 540 g/mol. The van der Waals surface area contributed by atoms with E-state index in [1.54, 1.807) is 7.11 Å². The van der Waals surface area contributed by atoms with Crippen LogP contribution in [-0.2, 0) is 5.41 Å². The fraction of sp³-hybridized carbons (Fsp3) is 0.556. The number of thioether (sulfide) groups is 1. The zero-order chi connectivity index (χ0) is 25.4. The normalized spacial score (nSPS) is 23.3. The van der Waals surface area contributed by atoms with Crippen LogP contribution in [0.5, 0.6) is 5.75 Å². The number of ether oxygens (including phenoxy) is 1. The van der Waals surface area contributed by atoms with Gasteiger partial charge in [0.1, 0.15) is 17.1 Å². The minimum absolute atomic E-state index is 0.173. The molecular weight excluding hydrogens is 501 g/mol. The maximum atomic E-state index is 14.0. The smallest absolute Gasteiger partial charge is 0.137 e. The van der Waals surface area contributed by atoms with Gasteiger partial charge in [-0.05, 0) is 60.6 Å². The molecule has 3 rings (SSSR count). The van der Waals surface area contributed by atoms with Gasteiger partial charge in [0.2, 0.25) is 0 Å². The SMILES string of the molecule is C=C/C=C(F)\C=C/CN1C(SCC2CCN(SC)CC2)NCC1C(C)(C)c1ccc(Cl)c(OC)c1. The van der Waals surface area contributed by atoms with E-state index >= 15 is 0 Å². The van der Waals surface area contributed by atoms with Gasteiger partial charge in [-0.15, -0.1) is 11.8 Å². The van der Waals surface area contributed by atoms with Crippen molar-refractivity contribution in [2.24, 2.45) is 5.92 Å². The number of piperidine rings is 1. The molecule has 0 aliphatic carbocycles. The molecule has 2 heterocycles. The van der Waals surface area contributed by atoms with Gasteiger partial charge < -0.3 is 4.74 Å². The molecule has 0 spiro atoms. The third-order valence-corrected chi connectivity index (χ3v) is 9.72. The van der Waals surface area contributed by atoms with Crippen LogP contribution in [0.25, 0.3) is 0 Å². The number of methoxy groups -OCH3 is 1. The van der Waals surface area contributed by atoms with Crippen LogP contribution in [0.2, 0.25) is 5.02 Å². The highest BCUT2D eigenvalue weighted by atomic mass is 35.5. The number of hydrogen-bond donors (Lipinski definition) is 1. The summed E-state index contributed by atoms with van der Waals surface area (Å²) in [6.07, 6.45) is 11.0. The summed E-state index contributed by atoms with van der Waals surface area (Å²) in [5.74, 6) is 2.28. The van der Waals surface area contributed by atoms with E-state index in [-0.39, 0.29) is 22.8 Å². The minimum atomic E-state index is -0.282. The zero-order valence-electron chi connectivity index (χ0n) is 21.3. The molecule has 2 fully saturated rings. The summed E-state index contributed by atoms with van der Waals surface area (Å²) in [4.78, 5) is 2.47. The third-order valence-electron chi connectivity index (χ3n) is 7.11. The molecule has 0 radical (unpaired) electrons. The van der Waals surface area contributed by atoms with Gasteiger partial charge >= 0.3 is 0 Å². The first kappa shape index (κ1) is 28.6. The first-order chi connectivity index (χ1) is 16.8. The molecule has 1 aromatic carbocycles. The second-order valence-corrected chi connectivity index (χ2v) is 12.0. The van der Waals surface area contributed by atoms with E-state index in [1.165, 1.54) is 49.7 Å². The Morgan fingerprint density at radius 1 is 1.34 bits per heavy atom. The zero-order valence-corrected chi connectivity index (χ0v) is 23.7. The van der Waals surface area contributed by atoms with E-state index in [0.29, 0.717) is 17.3 Å². The van der Waals surface area contributed by atoms with Gasteiger partial charge in [-0.1, -0.05) is 62.2 Å². The Hall–Kier alpha value is -0.960. The molecular formula is C27H39ClFN3OS2. The Bertz CT molecular complexity index is 902. The monoisotopic (exact) mass is 539 g/mol. The molecule has 2 atom stereocenters. The summed E-state index contributed by atoms with van der Waals surface area (Å²) in [5, 5.41) is 4.37. The molecule has 2 aliphatic rings. The highest BCUT2D eigenvalue weighted by Gasteiger charge is 2.43. The largest absolute Gasteiger partial charge is 0.495 e. The standard InChI is InChI=1S/C27H39ClFN3OS2/c1-6-8-22(29)9-7-14-32-25(27(2,3)21-10-11-23(28)24(17-21)33-4)18-30-26(32)35-19-20-12-15-31(34-5)16-13-20/h6-11,17,20,25-26,30H,1,12-16,18-19H2,2-5H3/b9-7-,22-8+. The second kappa shape index (κ2) is 13.5. The summed E-state index contributed by atoms with van der Waals surface area (Å²) in [7, 11) is 1.65. The summed E-state index contributed by atoms with van der Waals surface area (Å²) in [6, 6.07) is 6.27. The molecule has 1 N–H and O–H groups in total. The lowest BCUT2D eigenvalue weighted by Gasteiger charge is -2.39. The Balaban J connectivity index is 1.76. The molecule has 0 bridgehead atoms. The van der Waals surface area contributed by atoms with Crippen LogP contribution in [-0.4, -0.2) is 66.0 Å². The molecule has 0 amide bonds. The van der Waals surface area contributed by atoms with E-state index < -0.39 is 0 Å². The third kappa shape index (κ3) is 7.53. The van der Waals surface area contributed by atoms with Crippen molar-refractivity contribution in [2.45, 2.75) is 43.6 Å². The predicted octanol–water partition coefficient (Wildman–Crippen LogP) is 6.50. The van der Waals surface area contributed by atoms with E-state index in [9.17, 15) is 4.39 Å². The van der Waals surface area contributed by atoms with Gasteiger partial charge in [0.05, 0.1) is 12.1 Å². The van der Waals surface area contributed by atoms with Crippen molar-refractivity contribution < 1.29 is 9.13 Å². The van der Waals surface area contributed by atoms with Crippen molar-refractivity contribution in [1.29, 1.82) is 0 Å². The lowest BCUT2D eigenvalue weighted by atomic mass is 9.77. The molecule has 0 saturated carbocycles. The van der Waals surface area contributed by atoms with E-state index in [2.05, 4.69) is 47.3 Å². The van der Waals surface area contributed by atoms with E-state index in [0.717, 1.165) is 18.2 Å². The van der Waals surface area contributed by atoms with Crippen LogP contribution >= 0.6 is 35.3 Å². The lowest BCUT2D eigenvalue weighted by molar-refractivity contribution is 0.192. The molecule has 1 aromatic rings. The van der Waals surface area contributed by atoms with Crippen molar-refractivity contribution in [3.05, 3.63) is 65.5 Å². The topological polar surface area (TPSA) is 27.7 Å². The van der Waals surface area contributed by atoms with Crippen LogP contribution in [0, 0.1) is 5.92 Å². The van der Waals surface area contributed by atoms with Gasteiger partial charge in [0.15, 0.2) is 0 Å². The maximum Gasteiger partial charge on any atom is 0.137 e. The second-order valence-electron chi connectivity index (χ2n) is 9.62. The summed E-state index contributed by atoms with van der Waals surface area (Å²) in [5.41, 5.74) is 1.18. The fourth-order valence-electron chi connectivity index (χ4n) is 4.85. The Labute approximate surface area is 224 Å². The Morgan fingerprint density at radius 2 is 2.09 bits per heavy atom. The molecule has 4 nitrogen and oxygen atoms in total. The van der Waals surface area contributed by atoms with Crippen molar-refractivity contribution in [1.82, 2.24) is 14.5 Å². The predicted molar refractivity (Wildman–Crippen MR) is 152 cm³/mol. The summed E-state index contributed by atoms with van der Waals surface area (Å²) in [6.45, 7) is 12.0. The molecule has 2 unspecified atom stereocenters. The molecule has 2 saturated heterocycles. The van der Waals surface area contributed by atoms with Crippen molar-refractivity contribution in [2.75, 3.05) is 45.3 Å². The number of hydrogen-bond acceptors (Lipinski definition) is 6. The first-order valence-electron chi connectivity index (χ1n) is 12.2. The summed E-state index contributed by atoms with van der Waals surface area (Å²) >= 11 is 10.1. The van der Waals surface area contributed by atoms with Crippen LogP contribution in [0.3, 0.4) is 0 Å². The van der Waals surface area contributed by atoms with Crippen LogP contribution < -0.4 is 10.1 Å². The highest BCUT2D eigenvalue weighted by Crippen LogP contribution is 2.39. The van der Waals surface area contributed by atoms with Gasteiger partial charge in [-0.2, -0.15) is 0 Å². The van der Waals surface area contributed by atoms with Crippen molar-refractivity contribution in [3.63, 3.8) is 0 Å². The fourth-order valence-corrected chi connectivity index (χ4v) is 7.05. The number of nitrogens with zero attached hydrogens (tertiary/aromatic N) is 2. The number of rotatable bonds is 11. The summed E-state index contributed by atoms with van der Waals surface area (Å²) < 4.78 is 21.9. The molecule has 0 aromatic heterocycles. The van der Waals surface area contributed by atoms with Crippen LogP contribution in [0.4, 0.5) is 4.39 Å². The Kier molecular flexibility index (Phi) is 11.1. The maximum absolute atomic E-state index is 14.0. The van der Waals surface area contributed by atoms with Crippen molar-refractivity contribution >= 4 is 35.3 Å². The minimum Gasteiger partial charge on any atom is -0.495 e. The quantitative estimate of drug-likeness (QED) is 0.255. The highest BCUT2D eigenvalue weighted by molar-refractivity contribution is 7.99. The van der Waals surface area contributed by atoms with Gasteiger partial charge in [-0.25, -0.2) is 4.39 Å². The number of halogens is 2. The average Bonchev–Trinajstić information content (AvgIpc) is 3.27. The van der Waals surface area contributed by atoms with Gasteiger partial charge in [0, 0.05) is 37.6 Å². The molecule has 8 heteroatoms. The molecule has 35 heavy (non-hydrogen) atoms. The first-order valence-corrected chi connectivity index (χ1v) is 14.8. The van der Waals surface area contributed by atoms with E-state index in [1.807, 2.05) is 41.9 Å². The number of nitrogens with one attached hydrogen (secondary N) is 1. The Morgan fingerprint density at radius 3 is 2.74 bits per heavy atom. The molecule has 194 valence electrons. The van der Waals surface area contributed by atoms with Crippen LogP contribution in [0.15, 0.2) is 54.9 Å². The van der Waals surface area contributed by atoms with Gasteiger partial charge in [0.25, 0.3) is 0 Å². The number of benzene rings is 1. The van der Waals surface area contributed by atoms with E-state index in [4.69, 9.17) is 16.3 Å². The van der Waals surface area contributed by atoms with Crippen molar-refractivity contribution in [3.8, 4) is 5.75 Å². The van der Waals surface area contributed by atoms with Crippen LogP contribution in [0.1, 0.15) is 32.3 Å². The van der Waals surface area contributed by atoms with Gasteiger partial charge in [-0.3, -0.25) is 14.5 Å². The lowest BCUT2D eigenvalue weighted by Crippen LogP contribution is -2.47.